The second kappa shape index (κ2) is 2.76. The van der Waals surface area contributed by atoms with E-state index in [1.54, 1.807) is 7.11 Å². The van der Waals surface area contributed by atoms with Gasteiger partial charge in [0.05, 0.1) is 12.2 Å². The van der Waals surface area contributed by atoms with Crippen molar-refractivity contribution >= 4 is 0 Å². The van der Waals surface area contributed by atoms with E-state index in [9.17, 15) is 0 Å². The zero-order chi connectivity index (χ0) is 7.73. The van der Waals surface area contributed by atoms with Gasteiger partial charge >= 0.3 is 0 Å². The van der Waals surface area contributed by atoms with Crippen molar-refractivity contribution in [3.8, 4) is 0 Å². The second-order valence-electron chi connectivity index (χ2n) is 3.87. The lowest BCUT2D eigenvalue weighted by atomic mass is 9.82. The van der Waals surface area contributed by atoms with Crippen LogP contribution >= 0.6 is 0 Å². The third-order valence-electron chi connectivity index (χ3n) is 2.97. The minimum atomic E-state index is 0.351. The maximum Gasteiger partial charge on any atom is 0.0916 e. The van der Waals surface area contributed by atoms with Crippen molar-refractivity contribution in [2.75, 3.05) is 20.3 Å². The summed E-state index contributed by atoms with van der Waals surface area (Å²) < 4.78 is 10.6. The molecule has 1 spiro atoms. The van der Waals surface area contributed by atoms with E-state index in [1.165, 1.54) is 25.7 Å². The highest BCUT2D eigenvalue weighted by molar-refractivity contribution is 4.95. The smallest absolute Gasteiger partial charge is 0.0916 e. The van der Waals surface area contributed by atoms with Gasteiger partial charge in [-0.2, -0.15) is 0 Å². The molecule has 1 aliphatic heterocycles. The quantitative estimate of drug-likeness (QED) is 0.566. The molecule has 0 unspecified atom stereocenters. The van der Waals surface area contributed by atoms with Crippen molar-refractivity contribution in [1.29, 1.82) is 0 Å². The predicted octanol–water partition coefficient (Wildman–Crippen LogP) is 1.59. The molecule has 1 heterocycles. The van der Waals surface area contributed by atoms with Crippen molar-refractivity contribution in [3.63, 3.8) is 0 Å². The molecule has 0 aromatic rings. The number of hydrogen-bond donors (Lipinski definition) is 0. The molecule has 0 aromatic carbocycles. The highest BCUT2D eigenvalue weighted by Crippen LogP contribution is 2.43. The normalized spacial score (nSPS) is 42.8. The van der Waals surface area contributed by atoms with Crippen molar-refractivity contribution < 1.29 is 9.47 Å². The van der Waals surface area contributed by atoms with Crippen LogP contribution in [0.2, 0.25) is 0 Å². The predicted molar refractivity (Wildman–Crippen MR) is 42.5 cm³/mol. The van der Waals surface area contributed by atoms with E-state index in [2.05, 4.69) is 0 Å². The number of rotatable bonds is 2. The van der Waals surface area contributed by atoms with E-state index in [-0.39, 0.29) is 0 Å². The van der Waals surface area contributed by atoms with Gasteiger partial charge in [0.1, 0.15) is 0 Å². The van der Waals surface area contributed by atoms with E-state index < -0.39 is 0 Å². The first-order chi connectivity index (χ1) is 5.35. The van der Waals surface area contributed by atoms with Crippen LogP contribution in [0.25, 0.3) is 0 Å². The van der Waals surface area contributed by atoms with Gasteiger partial charge in [-0.3, -0.25) is 0 Å². The molecule has 2 nitrogen and oxygen atoms in total. The number of hydrogen-bond acceptors (Lipinski definition) is 2. The fourth-order valence-electron chi connectivity index (χ4n) is 2.00. The summed E-state index contributed by atoms with van der Waals surface area (Å²) >= 11 is 0. The first-order valence-corrected chi connectivity index (χ1v) is 4.48. The summed E-state index contributed by atoms with van der Waals surface area (Å²) in [4.78, 5) is 0. The Morgan fingerprint density at radius 3 is 2.55 bits per heavy atom. The highest BCUT2D eigenvalue weighted by atomic mass is 16.6. The summed E-state index contributed by atoms with van der Waals surface area (Å²) in [5, 5.41) is 0. The lowest BCUT2D eigenvalue weighted by Gasteiger charge is -2.25. The number of methoxy groups -OCH3 is 1. The van der Waals surface area contributed by atoms with E-state index in [0.29, 0.717) is 5.60 Å². The fourth-order valence-corrected chi connectivity index (χ4v) is 2.00. The maximum atomic E-state index is 5.42. The first kappa shape index (κ1) is 7.56. The third kappa shape index (κ3) is 1.57. The molecule has 0 atom stereocenters. The zero-order valence-corrected chi connectivity index (χ0v) is 7.14. The van der Waals surface area contributed by atoms with Crippen LogP contribution in [0.3, 0.4) is 0 Å². The van der Waals surface area contributed by atoms with Gasteiger partial charge in [-0.25, -0.2) is 0 Å². The molecule has 0 radical (unpaired) electrons. The lowest BCUT2D eigenvalue weighted by Crippen LogP contribution is -2.23. The Kier molecular flexibility index (Phi) is 1.90. The van der Waals surface area contributed by atoms with Crippen LogP contribution in [0.15, 0.2) is 0 Å². The molecule has 1 aliphatic carbocycles. The van der Waals surface area contributed by atoms with Gasteiger partial charge in [0.2, 0.25) is 0 Å². The van der Waals surface area contributed by atoms with E-state index in [4.69, 9.17) is 9.47 Å². The average Bonchev–Trinajstić information content (AvgIpc) is 2.76. The molecule has 2 fully saturated rings. The van der Waals surface area contributed by atoms with Gasteiger partial charge in [0.15, 0.2) is 0 Å². The van der Waals surface area contributed by atoms with E-state index in [1.807, 2.05) is 0 Å². The van der Waals surface area contributed by atoms with E-state index in [0.717, 1.165) is 19.1 Å². The summed E-state index contributed by atoms with van der Waals surface area (Å²) in [6.07, 6.45) is 5.13. The molecule has 1 saturated carbocycles. The largest absolute Gasteiger partial charge is 0.384 e. The molecule has 2 rings (SSSR count). The molecule has 0 aromatic heterocycles. The van der Waals surface area contributed by atoms with Crippen LogP contribution in [0.1, 0.15) is 25.7 Å². The summed E-state index contributed by atoms with van der Waals surface area (Å²) in [6, 6.07) is 0. The van der Waals surface area contributed by atoms with Crippen LogP contribution < -0.4 is 0 Å². The molecule has 64 valence electrons. The maximum absolute atomic E-state index is 5.42. The summed E-state index contributed by atoms with van der Waals surface area (Å²) in [6.45, 7) is 1.96. The minimum absolute atomic E-state index is 0.351. The zero-order valence-electron chi connectivity index (χ0n) is 7.14. The molecule has 2 aliphatic rings. The van der Waals surface area contributed by atoms with Crippen molar-refractivity contribution in [2.24, 2.45) is 5.92 Å². The standard InChI is InChI=1S/C9H16O2/c1-10-6-8-2-4-9(5-3-8)7-11-9/h8H,2-7H2,1H3. The van der Waals surface area contributed by atoms with Gasteiger partial charge in [-0.1, -0.05) is 0 Å². The molecule has 1 saturated heterocycles. The van der Waals surface area contributed by atoms with Crippen LogP contribution in [-0.4, -0.2) is 25.9 Å². The highest BCUT2D eigenvalue weighted by Gasteiger charge is 2.46. The molecule has 11 heavy (non-hydrogen) atoms. The van der Waals surface area contributed by atoms with Crippen molar-refractivity contribution in [2.45, 2.75) is 31.3 Å². The molecule has 0 amide bonds. The summed E-state index contributed by atoms with van der Waals surface area (Å²) in [7, 11) is 1.79. The Labute approximate surface area is 67.9 Å². The van der Waals surface area contributed by atoms with E-state index >= 15 is 0 Å². The molecular formula is C9H16O2. The second-order valence-corrected chi connectivity index (χ2v) is 3.87. The Morgan fingerprint density at radius 2 is 2.09 bits per heavy atom. The first-order valence-electron chi connectivity index (χ1n) is 4.48. The Morgan fingerprint density at radius 1 is 1.45 bits per heavy atom. The Hall–Kier alpha value is -0.0800. The minimum Gasteiger partial charge on any atom is -0.384 e. The van der Waals surface area contributed by atoms with Gasteiger partial charge in [-0.05, 0) is 31.6 Å². The topological polar surface area (TPSA) is 21.8 Å². The van der Waals surface area contributed by atoms with Gasteiger partial charge in [0.25, 0.3) is 0 Å². The van der Waals surface area contributed by atoms with Gasteiger partial charge < -0.3 is 9.47 Å². The molecule has 0 N–H and O–H groups in total. The monoisotopic (exact) mass is 156 g/mol. The SMILES string of the molecule is COCC1CCC2(CC1)CO2. The fraction of sp³-hybridized carbons (Fsp3) is 1.00. The Bertz CT molecular complexity index is 130. The lowest BCUT2D eigenvalue weighted by molar-refractivity contribution is 0.107. The summed E-state index contributed by atoms with van der Waals surface area (Å²) in [5.74, 6) is 0.801. The van der Waals surface area contributed by atoms with Crippen molar-refractivity contribution in [3.05, 3.63) is 0 Å². The number of epoxide rings is 1. The van der Waals surface area contributed by atoms with Gasteiger partial charge in [-0.15, -0.1) is 0 Å². The van der Waals surface area contributed by atoms with Crippen LogP contribution in [0.4, 0.5) is 0 Å². The van der Waals surface area contributed by atoms with Gasteiger partial charge in [0, 0.05) is 13.7 Å². The molecule has 0 bridgehead atoms. The number of ether oxygens (including phenoxy) is 2. The third-order valence-corrected chi connectivity index (χ3v) is 2.97. The Balaban J connectivity index is 1.75. The van der Waals surface area contributed by atoms with Crippen LogP contribution in [0, 0.1) is 5.92 Å². The summed E-state index contributed by atoms with van der Waals surface area (Å²) in [5.41, 5.74) is 0.351. The van der Waals surface area contributed by atoms with Crippen molar-refractivity contribution in [1.82, 2.24) is 0 Å². The van der Waals surface area contributed by atoms with Crippen LogP contribution in [0.5, 0.6) is 0 Å². The van der Waals surface area contributed by atoms with Crippen LogP contribution in [-0.2, 0) is 9.47 Å². The average molecular weight is 156 g/mol. The molecule has 2 heteroatoms. The molecular weight excluding hydrogens is 140 g/mol.